The molecule has 124 valence electrons. The zero-order chi connectivity index (χ0) is 17.0. The zero-order valence-corrected chi connectivity index (χ0v) is 12.7. The number of rotatable bonds is 6. The van der Waals surface area contributed by atoms with Crippen LogP contribution in [-0.4, -0.2) is 59.1 Å². The van der Waals surface area contributed by atoms with Gasteiger partial charge in [-0.1, -0.05) is 6.07 Å². The topological polar surface area (TPSA) is 67.6 Å². The van der Waals surface area contributed by atoms with E-state index in [0.29, 0.717) is 0 Å². The molecule has 1 unspecified atom stereocenters. The fraction of sp³-hybridized carbons (Fsp3) is 0.333. The highest BCUT2D eigenvalue weighted by Crippen LogP contribution is 2.17. The van der Waals surface area contributed by atoms with E-state index >= 15 is 0 Å². The first kappa shape index (κ1) is 17.0. The highest BCUT2D eigenvalue weighted by atomic mass is 19.1. The summed E-state index contributed by atoms with van der Waals surface area (Å²) in [6, 6.07) is 4.81. The number of amides is 1. The molecule has 6 nitrogen and oxygen atoms in total. The van der Waals surface area contributed by atoms with Crippen LogP contribution in [0.3, 0.4) is 0 Å². The smallest absolute Gasteiger partial charge is 0.274 e. The zero-order valence-electron chi connectivity index (χ0n) is 12.7. The van der Waals surface area contributed by atoms with Crippen LogP contribution in [0.2, 0.25) is 0 Å². The maximum atomic E-state index is 13.7. The van der Waals surface area contributed by atoms with E-state index in [-0.39, 0.29) is 24.5 Å². The number of carbonyl (C=O) groups is 1. The Morgan fingerprint density at radius 2 is 2.04 bits per heavy atom. The fourth-order valence-electron chi connectivity index (χ4n) is 2.11. The predicted octanol–water partition coefficient (Wildman–Crippen LogP) is 1.23. The predicted molar refractivity (Wildman–Crippen MR) is 78.3 cm³/mol. The number of aliphatic hydroxyl groups excluding tert-OH is 1. The van der Waals surface area contributed by atoms with Gasteiger partial charge in [0.2, 0.25) is 0 Å². The molecule has 0 fully saturated rings. The normalized spacial score (nSPS) is 12.2. The van der Waals surface area contributed by atoms with Crippen LogP contribution in [0.25, 0.3) is 5.69 Å². The van der Waals surface area contributed by atoms with Crippen molar-refractivity contribution < 1.29 is 23.4 Å². The Bertz CT molecular complexity index is 670. The number of aromatic nitrogens is 2. The van der Waals surface area contributed by atoms with Gasteiger partial charge in [-0.2, -0.15) is 5.10 Å². The van der Waals surface area contributed by atoms with Gasteiger partial charge in [0.05, 0.1) is 12.7 Å². The van der Waals surface area contributed by atoms with E-state index in [2.05, 4.69) is 5.10 Å². The SMILES string of the molecule is COCC(O)CN(C)C(=O)c1ccn(-c2c(F)cccc2F)n1. The summed E-state index contributed by atoms with van der Waals surface area (Å²) in [7, 11) is 2.93. The molecule has 1 heterocycles. The summed E-state index contributed by atoms with van der Waals surface area (Å²) >= 11 is 0. The standard InChI is InChI=1S/C15H17F2N3O3/c1-19(8-10(21)9-23-2)15(22)13-6-7-20(18-13)14-11(16)4-3-5-12(14)17/h3-7,10,21H,8-9H2,1-2H3. The first-order valence-electron chi connectivity index (χ1n) is 6.86. The van der Waals surface area contributed by atoms with Gasteiger partial charge in [0.15, 0.2) is 17.3 Å². The van der Waals surface area contributed by atoms with Gasteiger partial charge in [-0.25, -0.2) is 13.5 Å². The minimum atomic E-state index is -0.833. The number of methoxy groups -OCH3 is 1. The molecule has 1 N–H and O–H groups in total. The first-order chi connectivity index (χ1) is 10.9. The molecule has 2 rings (SSSR count). The molecule has 23 heavy (non-hydrogen) atoms. The second-order valence-corrected chi connectivity index (χ2v) is 5.01. The van der Waals surface area contributed by atoms with Crippen molar-refractivity contribution in [2.24, 2.45) is 0 Å². The van der Waals surface area contributed by atoms with Crippen molar-refractivity contribution in [3.63, 3.8) is 0 Å². The highest BCUT2D eigenvalue weighted by molar-refractivity contribution is 5.92. The van der Waals surface area contributed by atoms with Crippen LogP contribution >= 0.6 is 0 Å². The van der Waals surface area contributed by atoms with Crippen LogP contribution in [-0.2, 0) is 4.74 Å². The van der Waals surface area contributed by atoms with Crippen LogP contribution in [0.5, 0.6) is 0 Å². The maximum Gasteiger partial charge on any atom is 0.274 e. The van der Waals surface area contributed by atoms with Gasteiger partial charge >= 0.3 is 0 Å². The molecule has 0 aliphatic heterocycles. The maximum absolute atomic E-state index is 13.7. The monoisotopic (exact) mass is 325 g/mol. The van der Waals surface area contributed by atoms with Gasteiger partial charge in [0.1, 0.15) is 5.69 Å². The van der Waals surface area contributed by atoms with E-state index in [9.17, 15) is 18.7 Å². The molecule has 8 heteroatoms. The van der Waals surface area contributed by atoms with Crippen LogP contribution in [0.4, 0.5) is 8.78 Å². The van der Waals surface area contributed by atoms with Crippen molar-refractivity contribution >= 4 is 5.91 Å². The molecule has 0 aliphatic rings. The number of para-hydroxylation sites is 1. The number of likely N-dealkylation sites (N-methyl/N-ethyl adjacent to an activating group) is 1. The summed E-state index contributed by atoms with van der Waals surface area (Å²) in [6.07, 6.45) is 0.466. The van der Waals surface area contributed by atoms with Gasteiger partial charge in [-0.3, -0.25) is 4.79 Å². The van der Waals surface area contributed by atoms with Crippen molar-refractivity contribution in [3.05, 3.63) is 47.8 Å². The largest absolute Gasteiger partial charge is 0.389 e. The van der Waals surface area contributed by atoms with E-state index in [1.807, 2.05) is 0 Å². The highest BCUT2D eigenvalue weighted by Gasteiger charge is 2.19. The van der Waals surface area contributed by atoms with Gasteiger partial charge in [-0.15, -0.1) is 0 Å². The van der Waals surface area contributed by atoms with Crippen molar-refractivity contribution in [2.75, 3.05) is 27.3 Å². The number of nitrogens with zero attached hydrogens (tertiary/aromatic N) is 3. The molecular formula is C15H17F2N3O3. The molecule has 1 amide bonds. The Morgan fingerprint density at radius 3 is 2.65 bits per heavy atom. The molecule has 0 aliphatic carbocycles. The second kappa shape index (κ2) is 7.30. The third-order valence-corrected chi connectivity index (χ3v) is 3.17. The van der Waals surface area contributed by atoms with E-state index in [4.69, 9.17) is 4.74 Å². The molecular weight excluding hydrogens is 308 g/mol. The molecule has 0 spiro atoms. The minimum absolute atomic E-state index is 0.0137. The van der Waals surface area contributed by atoms with Crippen LogP contribution in [0.15, 0.2) is 30.5 Å². The number of hydrogen-bond acceptors (Lipinski definition) is 4. The number of halogens is 2. The lowest BCUT2D eigenvalue weighted by atomic mass is 10.3. The van der Waals surface area contributed by atoms with Crippen molar-refractivity contribution in [1.29, 1.82) is 0 Å². The number of carbonyl (C=O) groups excluding carboxylic acids is 1. The number of benzene rings is 1. The van der Waals surface area contributed by atoms with Gasteiger partial charge in [0, 0.05) is 26.9 Å². The molecule has 0 saturated heterocycles. The average molecular weight is 325 g/mol. The van der Waals surface area contributed by atoms with Crippen molar-refractivity contribution in [2.45, 2.75) is 6.10 Å². The molecule has 1 aromatic heterocycles. The summed E-state index contributed by atoms with van der Waals surface area (Å²) < 4.78 is 33.2. The van der Waals surface area contributed by atoms with Crippen LogP contribution < -0.4 is 0 Å². The summed E-state index contributed by atoms with van der Waals surface area (Å²) in [5.41, 5.74) is -0.339. The Kier molecular flexibility index (Phi) is 5.41. The van der Waals surface area contributed by atoms with E-state index in [1.54, 1.807) is 0 Å². The number of aliphatic hydroxyl groups is 1. The lowest BCUT2D eigenvalue weighted by Gasteiger charge is -2.19. The van der Waals surface area contributed by atoms with E-state index < -0.39 is 23.6 Å². The van der Waals surface area contributed by atoms with Gasteiger partial charge in [-0.05, 0) is 18.2 Å². The second-order valence-electron chi connectivity index (χ2n) is 5.01. The van der Waals surface area contributed by atoms with Gasteiger partial charge in [0.25, 0.3) is 5.91 Å². The molecule has 0 radical (unpaired) electrons. The molecule has 0 bridgehead atoms. The summed E-state index contributed by atoms with van der Waals surface area (Å²) in [6.45, 7) is 0.139. The Labute approximate surface area is 131 Å². The third-order valence-electron chi connectivity index (χ3n) is 3.17. The lowest BCUT2D eigenvalue weighted by Crippen LogP contribution is -2.36. The number of hydrogen-bond donors (Lipinski definition) is 1. The first-order valence-corrected chi connectivity index (χ1v) is 6.86. The summed E-state index contributed by atoms with van der Waals surface area (Å²) in [5, 5.41) is 13.5. The Balaban J connectivity index is 2.17. The Hall–Kier alpha value is -2.32. The van der Waals surface area contributed by atoms with Crippen molar-refractivity contribution in [3.8, 4) is 5.69 Å². The minimum Gasteiger partial charge on any atom is -0.389 e. The van der Waals surface area contributed by atoms with Crippen molar-refractivity contribution in [1.82, 2.24) is 14.7 Å². The molecule has 1 aromatic carbocycles. The van der Waals surface area contributed by atoms with Crippen LogP contribution in [0, 0.1) is 11.6 Å². The average Bonchev–Trinajstić information content (AvgIpc) is 2.96. The fourth-order valence-corrected chi connectivity index (χ4v) is 2.11. The molecule has 1 atom stereocenters. The molecule has 0 saturated carbocycles. The third kappa shape index (κ3) is 3.91. The van der Waals surface area contributed by atoms with Gasteiger partial charge < -0.3 is 14.7 Å². The molecule has 2 aromatic rings. The lowest BCUT2D eigenvalue weighted by molar-refractivity contribution is 0.0377. The van der Waals surface area contributed by atoms with E-state index in [1.165, 1.54) is 37.4 Å². The summed E-state index contributed by atoms with van der Waals surface area (Å²) in [5.74, 6) is -2.04. The number of ether oxygens (including phenoxy) is 1. The van der Waals surface area contributed by atoms with E-state index in [0.717, 1.165) is 16.8 Å². The quantitative estimate of drug-likeness (QED) is 0.867. The summed E-state index contributed by atoms with van der Waals surface area (Å²) in [4.78, 5) is 13.5. The Morgan fingerprint density at radius 1 is 1.39 bits per heavy atom. The van der Waals surface area contributed by atoms with Crippen LogP contribution in [0.1, 0.15) is 10.5 Å².